The first-order valence-electron chi connectivity index (χ1n) is 6.58. The molecule has 9 nitrogen and oxygen atoms in total. The number of aromatic nitrogens is 8. The largest absolute Gasteiger partial charge is 0.370 e. The van der Waals surface area contributed by atoms with E-state index >= 15 is 0 Å². The summed E-state index contributed by atoms with van der Waals surface area (Å²) in [5.74, 6) is 1.41. The highest BCUT2D eigenvalue weighted by atomic mass is 15.6. The predicted molar refractivity (Wildman–Crippen MR) is 75.3 cm³/mol. The van der Waals surface area contributed by atoms with Gasteiger partial charge in [-0.3, -0.25) is 0 Å². The summed E-state index contributed by atoms with van der Waals surface area (Å²) in [4.78, 5) is 5.65. The van der Waals surface area contributed by atoms with Gasteiger partial charge in [0.1, 0.15) is 18.1 Å². The summed E-state index contributed by atoms with van der Waals surface area (Å²) in [5, 5.41) is 23.2. The summed E-state index contributed by atoms with van der Waals surface area (Å²) in [6.45, 7) is 3.28. The maximum atomic E-state index is 4.23. The van der Waals surface area contributed by atoms with Gasteiger partial charge in [-0.15, -0.1) is 15.3 Å². The zero-order chi connectivity index (χ0) is 14.7. The second kappa shape index (κ2) is 5.65. The number of anilines is 1. The Morgan fingerprint density at radius 2 is 2.14 bits per heavy atom. The van der Waals surface area contributed by atoms with Gasteiger partial charge in [0.25, 0.3) is 0 Å². The molecule has 3 aromatic heterocycles. The van der Waals surface area contributed by atoms with Crippen LogP contribution in [0.1, 0.15) is 12.7 Å². The van der Waals surface area contributed by atoms with E-state index in [1.807, 2.05) is 25.3 Å². The Hall–Kier alpha value is -2.84. The van der Waals surface area contributed by atoms with Crippen LogP contribution in [0.5, 0.6) is 0 Å². The number of hydrogen-bond donors (Lipinski definition) is 1. The Bertz CT molecular complexity index is 730. The molecule has 0 spiro atoms. The Morgan fingerprint density at radius 1 is 1.24 bits per heavy atom. The van der Waals surface area contributed by atoms with Crippen molar-refractivity contribution in [1.82, 2.24) is 40.2 Å². The molecule has 0 aliphatic carbocycles. The third-order valence-corrected chi connectivity index (χ3v) is 2.81. The standard InChI is InChI=1S/C12H15N9/c1-3-13-11-6-9(4-5-14-11)10-7-21(19-15-10)8-12-16-18-20(2)17-12/h4-7H,3,8H2,1-2H3,(H,13,14). The van der Waals surface area contributed by atoms with Crippen molar-refractivity contribution in [3.8, 4) is 11.3 Å². The molecule has 108 valence electrons. The molecular formula is C12H15N9. The lowest BCUT2D eigenvalue weighted by atomic mass is 10.2. The van der Waals surface area contributed by atoms with Crippen LogP contribution in [0.4, 0.5) is 5.82 Å². The van der Waals surface area contributed by atoms with Crippen molar-refractivity contribution in [2.75, 3.05) is 11.9 Å². The number of rotatable bonds is 5. The second-order valence-electron chi connectivity index (χ2n) is 4.46. The van der Waals surface area contributed by atoms with Gasteiger partial charge in [-0.25, -0.2) is 9.67 Å². The van der Waals surface area contributed by atoms with Gasteiger partial charge >= 0.3 is 0 Å². The molecule has 3 rings (SSSR count). The lowest BCUT2D eigenvalue weighted by Crippen LogP contribution is -2.03. The van der Waals surface area contributed by atoms with Crippen molar-refractivity contribution in [3.05, 3.63) is 30.4 Å². The number of tetrazole rings is 1. The quantitative estimate of drug-likeness (QED) is 0.721. The normalized spacial score (nSPS) is 10.8. The fourth-order valence-corrected chi connectivity index (χ4v) is 1.91. The number of nitrogens with one attached hydrogen (secondary N) is 1. The van der Waals surface area contributed by atoms with Gasteiger partial charge in [-0.05, 0) is 24.3 Å². The van der Waals surface area contributed by atoms with Crippen LogP contribution < -0.4 is 5.32 Å². The zero-order valence-electron chi connectivity index (χ0n) is 11.8. The number of pyridine rings is 1. The minimum absolute atomic E-state index is 0.436. The van der Waals surface area contributed by atoms with Crippen LogP contribution >= 0.6 is 0 Å². The molecule has 9 heteroatoms. The van der Waals surface area contributed by atoms with Crippen LogP contribution in [0, 0.1) is 0 Å². The minimum atomic E-state index is 0.436. The first kappa shape index (κ1) is 13.2. The molecule has 21 heavy (non-hydrogen) atoms. The van der Waals surface area contributed by atoms with Crippen LogP contribution in [0.2, 0.25) is 0 Å². The van der Waals surface area contributed by atoms with Crippen molar-refractivity contribution in [2.24, 2.45) is 7.05 Å². The van der Waals surface area contributed by atoms with Gasteiger partial charge in [0.15, 0.2) is 5.82 Å². The number of hydrogen-bond acceptors (Lipinski definition) is 7. The molecule has 0 fully saturated rings. The topological polar surface area (TPSA) is 99.2 Å². The van der Waals surface area contributed by atoms with Gasteiger partial charge in [-0.1, -0.05) is 5.21 Å². The molecule has 0 aliphatic heterocycles. The van der Waals surface area contributed by atoms with E-state index in [1.165, 1.54) is 4.80 Å². The lowest BCUT2D eigenvalue weighted by Gasteiger charge is -2.02. The van der Waals surface area contributed by atoms with Crippen molar-refractivity contribution in [2.45, 2.75) is 13.5 Å². The molecule has 0 saturated carbocycles. The highest BCUT2D eigenvalue weighted by molar-refractivity contribution is 5.61. The van der Waals surface area contributed by atoms with Crippen LogP contribution in [0.3, 0.4) is 0 Å². The molecule has 1 N–H and O–H groups in total. The first-order valence-corrected chi connectivity index (χ1v) is 6.58. The van der Waals surface area contributed by atoms with Gasteiger partial charge < -0.3 is 5.32 Å². The second-order valence-corrected chi connectivity index (χ2v) is 4.46. The molecule has 0 aliphatic rings. The Morgan fingerprint density at radius 3 is 2.90 bits per heavy atom. The van der Waals surface area contributed by atoms with Gasteiger partial charge in [0.2, 0.25) is 0 Å². The van der Waals surface area contributed by atoms with Gasteiger partial charge in [0, 0.05) is 18.3 Å². The van der Waals surface area contributed by atoms with Crippen molar-refractivity contribution < 1.29 is 0 Å². The van der Waals surface area contributed by atoms with Crippen LogP contribution in [-0.2, 0) is 13.6 Å². The first-order chi connectivity index (χ1) is 10.2. The van der Waals surface area contributed by atoms with E-state index in [0.29, 0.717) is 12.4 Å². The summed E-state index contributed by atoms with van der Waals surface area (Å²) in [5.41, 5.74) is 1.74. The Kier molecular flexibility index (Phi) is 3.54. The third-order valence-electron chi connectivity index (χ3n) is 2.81. The van der Waals surface area contributed by atoms with Crippen LogP contribution in [0.15, 0.2) is 24.5 Å². The smallest absolute Gasteiger partial charge is 0.196 e. The molecule has 0 atom stereocenters. The molecule has 0 saturated heterocycles. The summed E-state index contributed by atoms with van der Waals surface area (Å²) < 4.78 is 1.68. The maximum absolute atomic E-state index is 4.23. The molecule has 0 amide bonds. The van der Waals surface area contributed by atoms with Crippen molar-refractivity contribution in [3.63, 3.8) is 0 Å². The van der Waals surface area contributed by atoms with E-state index in [4.69, 9.17) is 0 Å². The van der Waals surface area contributed by atoms with E-state index in [-0.39, 0.29) is 0 Å². The average molecular weight is 285 g/mol. The molecular weight excluding hydrogens is 270 g/mol. The predicted octanol–water partition coefficient (Wildman–Crippen LogP) is 0.344. The van der Waals surface area contributed by atoms with Gasteiger partial charge in [0.05, 0.1) is 13.2 Å². The maximum Gasteiger partial charge on any atom is 0.196 e. The van der Waals surface area contributed by atoms with E-state index in [1.54, 1.807) is 17.9 Å². The van der Waals surface area contributed by atoms with Gasteiger partial charge in [-0.2, -0.15) is 4.80 Å². The SMILES string of the molecule is CCNc1cc(-c2cn(Cc3nnn(C)n3)nn2)ccn1. The monoisotopic (exact) mass is 285 g/mol. The molecule has 3 heterocycles. The molecule has 0 bridgehead atoms. The van der Waals surface area contributed by atoms with E-state index in [9.17, 15) is 0 Å². The van der Waals surface area contributed by atoms with Crippen LogP contribution in [-0.4, -0.2) is 46.7 Å². The highest BCUT2D eigenvalue weighted by Gasteiger charge is 2.07. The number of aryl methyl sites for hydroxylation is 1. The summed E-state index contributed by atoms with van der Waals surface area (Å²) >= 11 is 0. The molecule has 3 aromatic rings. The summed E-state index contributed by atoms with van der Waals surface area (Å²) in [7, 11) is 1.72. The molecule has 0 aromatic carbocycles. The minimum Gasteiger partial charge on any atom is -0.370 e. The van der Waals surface area contributed by atoms with Crippen LogP contribution in [0.25, 0.3) is 11.3 Å². The van der Waals surface area contributed by atoms with E-state index in [0.717, 1.165) is 23.6 Å². The third kappa shape index (κ3) is 3.02. The summed E-state index contributed by atoms with van der Waals surface area (Å²) in [6.07, 6.45) is 3.60. The fraction of sp³-hybridized carbons (Fsp3) is 0.333. The lowest BCUT2D eigenvalue weighted by molar-refractivity contribution is 0.607. The molecule has 0 radical (unpaired) electrons. The average Bonchev–Trinajstić information content (AvgIpc) is 3.10. The summed E-state index contributed by atoms with van der Waals surface area (Å²) in [6, 6.07) is 3.84. The van der Waals surface area contributed by atoms with E-state index < -0.39 is 0 Å². The van der Waals surface area contributed by atoms with Crippen molar-refractivity contribution >= 4 is 5.82 Å². The number of nitrogens with zero attached hydrogens (tertiary/aromatic N) is 8. The molecule has 0 unspecified atom stereocenters. The van der Waals surface area contributed by atoms with Crippen molar-refractivity contribution in [1.29, 1.82) is 0 Å². The van der Waals surface area contributed by atoms with E-state index in [2.05, 4.69) is 36.0 Å². The Balaban J connectivity index is 1.79. The Labute approximate surface area is 121 Å². The highest BCUT2D eigenvalue weighted by Crippen LogP contribution is 2.18. The zero-order valence-corrected chi connectivity index (χ0v) is 11.8. The fourth-order valence-electron chi connectivity index (χ4n) is 1.91.